The summed E-state index contributed by atoms with van der Waals surface area (Å²) in [6, 6.07) is -0.374. The SMILES string of the molecule is COC(=O)C12CCCN1[C@@H](CO)[C@@H](C(=O)OC(C)(C)C)C2. The van der Waals surface area contributed by atoms with Crippen molar-refractivity contribution in [1.82, 2.24) is 4.90 Å². The second kappa shape index (κ2) is 5.57. The molecule has 2 aliphatic heterocycles. The number of hydrogen-bond donors (Lipinski definition) is 1. The maximum absolute atomic E-state index is 12.4. The molecule has 2 fully saturated rings. The number of ether oxygens (including phenoxy) is 2. The van der Waals surface area contributed by atoms with Gasteiger partial charge < -0.3 is 14.6 Å². The maximum Gasteiger partial charge on any atom is 0.326 e. The minimum atomic E-state index is -0.774. The molecular weight excluding hydrogens is 274 g/mol. The molecule has 2 aliphatic rings. The highest BCUT2D eigenvalue weighted by Crippen LogP contribution is 2.46. The van der Waals surface area contributed by atoms with Gasteiger partial charge in [0.05, 0.1) is 19.6 Å². The zero-order valence-corrected chi connectivity index (χ0v) is 13.2. The maximum atomic E-state index is 12.4. The summed E-state index contributed by atoms with van der Waals surface area (Å²) < 4.78 is 10.4. The van der Waals surface area contributed by atoms with Gasteiger partial charge in [0.25, 0.3) is 0 Å². The molecule has 0 amide bonds. The van der Waals surface area contributed by atoms with Gasteiger partial charge in [-0.3, -0.25) is 14.5 Å². The molecule has 0 bridgehead atoms. The average Bonchev–Trinajstić information content (AvgIpc) is 2.91. The molecule has 3 atom stereocenters. The van der Waals surface area contributed by atoms with Crippen LogP contribution in [0, 0.1) is 5.92 Å². The lowest BCUT2D eigenvalue weighted by molar-refractivity contribution is -0.161. The van der Waals surface area contributed by atoms with E-state index in [0.717, 1.165) is 6.42 Å². The van der Waals surface area contributed by atoms with Gasteiger partial charge >= 0.3 is 11.9 Å². The fourth-order valence-corrected chi connectivity index (χ4v) is 3.66. The van der Waals surface area contributed by atoms with E-state index >= 15 is 0 Å². The van der Waals surface area contributed by atoms with Crippen molar-refractivity contribution in [1.29, 1.82) is 0 Å². The molecule has 0 spiro atoms. The first-order valence-corrected chi connectivity index (χ1v) is 7.44. The Morgan fingerprint density at radius 2 is 2.05 bits per heavy atom. The molecule has 0 aliphatic carbocycles. The normalized spacial score (nSPS) is 32.8. The third kappa shape index (κ3) is 2.79. The van der Waals surface area contributed by atoms with E-state index in [4.69, 9.17) is 9.47 Å². The van der Waals surface area contributed by atoms with E-state index < -0.39 is 17.1 Å². The van der Waals surface area contributed by atoms with E-state index in [1.54, 1.807) is 0 Å². The van der Waals surface area contributed by atoms with Crippen LogP contribution in [-0.2, 0) is 19.1 Å². The topological polar surface area (TPSA) is 76.1 Å². The minimum Gasteiger partial charge on any atom is -0.468 e. The number of hydrogen-bond acceptors (Lipinski definition) is 6. The summed E-state index contributed by atoms with van der Waals surface area (Å²) in [6.45, 7) is 5.96. The monoisotopic (exact) mass is 299 g/mol. The number of rotatable bonds is 3. The third-order valence-electron chi connectivity index (χ3n) is 4.42. The van der Waals surface area contributed by atoms with Gasteiger partial charge in [-0.2, -0.15) is 0 Å². The predicted molar refractivity (Wildman–Crippen MR) is 75.5 cm³/mol. The van der Waals surface area contributed by atoms with Crippen LogP contribution in [0.5, 0.6) is 0 Å². The molecule has 2 saturated heterocycles. The first kappa shape index (κ1) is 16.2. The molecule has 6 heteroatoms. The minimum absolute atomic E-state index is 0.164. The van der Waals surface area contributed by atoms with Crippen LogP contribution < -0.4 is 0 Å². The first-order chi connectivity index (χ1) is 9.75. The Bertz CT molecular complexity index is 430. The number of aliphatic hydroxyl groups is 1. The Morgan fingerprint density at radius 1 is 1.38 bits per heavy atom. The van der Waals surface area contributed by atoms with Gasteiger partial charge in [0.2, 0.25) is 0 Å². The van der Waals surface area contributed by atoms with E-state index in [1.165, 1.54) is 7.11 Å². The summed E-state index contributed by atoms with van der Waals surface area (Å²) >= 11 is 0. The highest BCUT2D eigenvalue weighted by Gasteiger charge is 2.61. The number of carbonyl (C=O) groups excluding carboxylic acids is 2. The van der Waals surface area contributed by atoms with Gasteiger partial charge in [-0.25, -0.2) is 0 Å². The number of methoxy groups -OCH3 is 1. The Morgan fingerprint density at radius 3 is 2.57 bits per heavy atom. The number of aliphatic hydroxyl groups excluding tert-OH is 1. The van der Waals surface area contributed by atoms with Gasteiger partial charge in [-0.15, -0.1) is 0 Å². The van der Waals surface area contributed by atoms with Crippen molar-refractivity contribution < 1.29 is 24.2 Å². The van der Waals surface area contributed by atoms with E-state index in [2.05, 4.69) is 0 Å². The van der Waals surface area contributed by atoms with Crippen molar-refractivity contribution in [2.45, 2.75) is 57.2 Å². The lowest BCUT2D eigenvalue weighted by atomic mass is 9.88. The summed E-state index contributed by atoms with van der Waals surface area (Å²) in [5.74, 6) is -1.16. The lowest BCUT2D eigenvalue weighted by Crippen LogP contribution is -2.50. The van der Waals surface area contributed by atoms with Gasteiger partial charge in [0.15, 0.2) is 0 Å². The zero-order chi connectivity index (χ0) is 15.8. The largest absolute Gasteiger partial charge is 0.468 e. The number of esters is 2. The van der Waals surface area contributed by atoms with Gasteiger partial charge in [-0.05, 0) is 46.6 Å². The molecule has 120 valence electrons. The van der Waals surface area contributed by atoms with Crippen molar-refractivity contribution in [3.63, 3.8) is 0 Å². The average molecular weight is 299 g/mol. The van der Waals surface area contributed by atoms with Crippen LogP contribution in [0.1, 0.15) is 40.0 Å². The molecule has 1 N–H and O–H groups in total. The molecule has 0 aromatic heterocycles. The van der Waals surface area contributed by atoms with Crippen LogP contribution >= 0.6 is 0 Å². The van der Waals surface area contributed by atoms with Gasteiger partial charge in [0, 0.05) is 6.04 Å². The molecule has 0 radical (unpaired) electrons. The second-order valence-corrected chi connectivity index (χ2v) is 6.91. The lowest BCUT2D eigenvalue weighted by Gasteiger charge is -2.31. The Labute approximate surface area is 125 Å². The molecule has 6 nitrogen and oxygen atoms in total. The quantitative estimate of drug-likeness (QED) is 0.774. The van der Waals surface area contributed by atoms with Crippen LogP contribution in [0.2, 0.25) is 0 Å². The van der Waals surface area contributed by atoms with Gasteiger partial charge in [-0.1, -0.05) is 0 Å². The van der Waals surface area contributed by atoms with Crippen molar-refractivity contribution in [3.8, 4) is 0 Å². The molecule has 1 unspecified atom stereocenters. The third-order valence-corrected chi connectivity index (χ3v) is 4.42. The van der Waals surface area contributed by atoms with Crippen molar-refractivity contribution >= 4 is 11.9 Å². The van der Waals surface area contributed by atoms with Crippen LogP contribution in [0.3, 0.4) is 0 Å². The van der Waals surface area contributed by atoms with Crippen molar-refractivity contribution in [2.24, 2.45) is 5.92 Å². The van der Waals surface area contributed by atoms with E-state index in [0.29, 0.717) is 19.4 Å². The Balaban J connectivity index is 2.25. The Kier molecular flexibility index (Phi) is 4.31. The molecule has 0 saturated carbocycles. The molecule has 0 aromatic carbocycles. The summed E-state index contributed by atoms with van der Waals surface area (Å²) in [4.78, 5) is 26.6. The predicted octanol–water partition coefficient (Wildman–Crippen LogP) is 0.716. The van der Waals surface area contributed by atoms with Gasteiger partial charge in [0.1, 0.15) is 11.1 Å². The van der Waals surface area contributed by atoms with Crippen LogP contribution in [0.25, 0.3) is 0 Å². The molecular formula is C15H25NO5. The molecule has 2 heterocycles. The second-order valence-electron chi connectivity index (χ2n) is 6.91. The van der Waals surface area contributed by atoms with Crippen molar-refractivity contribution in [2.75, 3.05) is 20.3 Å². The number of nitrogens with zero attached hydrogens (tertiary/aromatic N) is 1. The molecule has 2 rings (SSSR count). The zero-order valence-electron chi connectivity index (χ0n) is 13.2. The van der Waals surface area contributed by atoms with Crippen LogP contribution in [0.15, 0.2) is 0 Å². The Hall–Kier alpha value is -1.14. The summed E-state index contributed by atoms with van der Waals surface area (Å²) in [5, 5.41) is 9.70. The fourth-order valence-electron chi connectivity index (χ4n) is 3.66. The highest BCUT2D eigenvalue weighted by atomic mass is 16.6. The smallest absolute Gasteiger partial charge is 0.326 e. The van der Waals surface area contributed by atoms with E-state index in [-0.39, 0.29) is 24.6 Å². The summed E-state index contributed by atoms with van der Waals surface area (Å²) in [7, 11) is 1.36. The summed E-state index contributed by atoms with van der Waals surface area (Å²) in [6.07, 6.45) is 1.89. The highest BCUT2D eigenvalue weighted by molar-refractivity contribution is 5.85. The van der Waals surface area contributed by atoms with Crippen molar-refractivity contribution in [3.05, 3.63) is 0 Å². The van der Waals surface area contributed by atoms with Crippen LogP contribution in [-0.4, -0.2) is 59.4 Å². The molecule has 0 aromatic rings. The molecule has 21 heavy (non-hydrogen) atoms. The first-order valence-electron chi connectivity index (χ1n) is 7.44. The number of carbonyl (C=O) groups is 2. The van der Waals surface area contributed by atoms with E-state index in [1.807, 2.05) is 25.7 Å². The van der Waals surface area contributed by atoms with Crippen LogP contribution in [0.4, 0.5) is 0 Å². The number of fused-ring (bicyclic) bond motifs is 1. The fraction of sp³-hybridized carbons (Fsp3) is 0.867. The van der Waals surface area contributed by atoms with E-state index in [9.17, 15) is 14.7 Å². The summed E-state index contributed by atoms with van der Waals surface area (Å²) in [5.41, 5.74) is -1.35. The standard InChI is InChI=1S/C15H25NO5/c1-14(2,3)21-12(18)10-8-15(13(19)20-4)6-5-7-16(15)11(10)9-17/h10-11,17H,5-9H2,1-4H3/t10-,11-,15?/m0/s1.